The molecular weight excluding hydrogens is 406 g/mol. The average molecular weight is 424 g/mol. The lowest BCUT2D eigenvalue weighted by Gasteiger charge is -2.16. The summed E-state index contributed by atoms with van der Waals surface area (Å²) in [6.45, 7) is 2.84. The molecule has 0 fully saturated rings. The van der Waals surface area contributed by atoms with Gasteiger partial charge in [0.1, 0.15) is 17.4 Å². The Bertz CT molecular complexity index is 1210. The van der Waals surface area contributed by atoms with E-state index in [0.29, 0.717) is 16.3 Å². The molecule has 1 aromatic carbocycles. The maximum atomic E-state index is 12.8. The Morgan fingerprint density at radius 1 is 1.33 bits per heavy atom. The van der Waals surface area contributed by atoms with Gasteiger partial charge in [-0.05, 0) is 54.8 Å². The fraction of sp³-hybridized carbons (Fsp3) is 0.182. The number of aromatic nitrogens is 2. The van der Waals surface area contributed by atoms with Crippen molar-refractivity contribution in [1.82, 2.24) is 9.55 Å². The van der Waals surface area contributed by atoms with Crippen LogP contribution in [0, 0.1) is 25.2 Å². The smallest absolute Gasteiger partial charge is 0.271 e. The van der Waals surface area contributed by atoms with Crippen LogP contribution >= 0.6 is 11.6 Å². The molecule has 8 heteroatoms. The second-order valence-electron chi connectivity index (χ2n) is 6.69. The highest BCUT2D eigenvalue weighted by molar-refractivity contribution is 6.31. The molecule has 3 aromatic rings. The van der Waals surface area contributed by atoms with Crippen molar-refractivity contribution in [2.24, 2.45) is 0 Å². The number of pyridine rings is 2. The van der Waals surface area contributed by atoms with E-state index in [1.165, 1.54) is 13.1 Å². The number of Topliss-reactive ketones (excluding diaryl/α,β-unsaturated/α-hetero) is 1. The van der Waals surface area contributed by atoms with Gasteiger partial charge in [-0.15, -0.1) is 0 Å². The number of hydrogen-bond acceptors (Lipinski definition) is 6. The van der Waals surface area contributed by atoms with Crippen molar-refractivity contribution in [3.05, 3.63) is 85.9 Å². The highest BCUT2D eigenvalue weighted by Crippen LogP contribution is 2.25. The summed E-state index contributed by atoms with van der Waals surface area (Å²) in [5, 5.41) is 20.7. The van der Waals surface area contributed by atoms with Crippen molar-refractivity contribution in [2.45, 2.75) is 20.4 Å². The van der Waals surface area contributed by atoms with Gasteiger partial charge in [-0.3, -0.25) is 19.1 Å². The van der Waals surface area contributed by atoms with Crippen molar-refractivity contribution in [3.63, 3.8) is 0 Å². The number of rotatable bonds is 6. The summed E-state index contributed by atoms with van der Waals surface area (Å²) < 4.78 is 6.52. The summed E-state index contributed by atoms with van der Waals surface area (Å²) >= 11 is 5.99. The van der Waals surface area contributed by atoms with E-state index < -0.39 is 17.2 Å². The van der Waals surface area contributed by atoms with Gasteiger partial charge in [0.25, 0.3) is 5.56 Å². The van der Waals surface area contributed by atoms with Gasteiger partial charge in [0.2, 0.25) is 11.7 Å². The molecule has 152 valence electrons. The molecule has 0 saturated carbocycles. The SMILES string of the molecule is Cc1cc(OCC(=O)c2c(C)c(C#N)c(=O)n(Cc3cccnc3)c2O)ccc1Cl. The van der Waals surface area contributed by atoms with Crippen LogP contribution in [0.1, 0.15) is 32.6 Å². The van der Waals surface area contributed by atoms with Gasteiger partial charge in [0.05, 0.1) is 12.1 Å². The van der Waals surface area contributed by atoms with E-state index >= 15 is 0 Å². The van der Waals surface area contributed by atoms with Gasteiger partial charge in [-0.25, -0.2) is 0 Å². The molecule has 0 aliphatic rings. The van der Waals surface area contributed by atoms with Crippen LogP contribution in [0.5, 0.6) is 11.6 Å². The molecule has 3 rings (SSSR count). The van der Waals surface area contributed by atoms with Crippen LogP contribution in [-0.2, 0) is 6.54 Å². The molecule has 2 aromatic heterocycles. The van der Waals surface area contributed by atoms with E-state index in [-0.39, 0.29) is 29.8 Å². The van der Waals surface area contributed by atoms with Gasteiger partial charge in [-0.2, -0.15) is 5.26 Å². The van der Waals surface area contributed by atoms with Crippen molar-refractivity contribution in [3.8, 4) is 17.7 Å². The second kappa shape index (κ2) is 8.80. The molecule has 0 aliphatic carbocycles. The summed E-state index contributed by atoms with van der Waals surface area (Å²) in [5.74, 6) is -0.637. The highest BCUT2D eigenvalue weighted by atomic mass is 35.5. The first kappa shape index (κ1) is 21.1. The lowest BCUT2D eigenvalue weighted by molar-refractivity contribution is 0.0916. The maximum absolute atomic E-state index is 12.8. The zero-order valence-electron chi connectivity index (χ0n) is 16.3. The van der Waals surface area contributed by atoms with Crippen molar-refractivity contribution in [1.29, 1.82) is 5.26 Å². The lowest BCUT2D eigenvalue weighted by atomic mass is 10.0. The Morgan fingerprint density at radius 3 is 2.73 bits per heavy atom. The third-order valence-electron chi connectivity index (χ3n) is 4.64. The van der Waals surface area contributed by atoms with Crippen molar-refractivity contribution >= 4 is 17.4 Å². The lowest BCUT2D eigenvalue weighted by Crippen LogP contribution is -2.28. The van der Waals surface area contributed by atoms with Crippen LogP contribution in [0.15, 0.2) is 47.5 Å². The van der Waals surface area contributed by atoms with Crippen LogP contribution in [-0.4, -0.2) is 27.0 Å². The van der Waals surface area contributed by atoms with Crippen molar-refractivity contribution in [2.75, 3.05) is 6.61 Å². The van der Waals surface area contributed by atoms with E-state index in [4.69, 9.17) is 16.3 Å². The Kier molecular flexibility index (Phi) is 6.19. The number of halogens is 1. The van der Waals surface area contributed by atoms with Crippen LogP contribution < -0.4 is 10.3 Å². The molecule has 0 radical (unpaired) electrons. The summed E-state index contributed by atoms with van der Waals surface area (Å²) in [4.78, 5) is 29.5. The summed E-state index contributed by atoms with van der Waals surface area (Å²) in [6.07, 6.45) is 3.11. The van der Waals surface area contributed by atoms with E-state index in [2.05, 4.69) is 4.98 Å². The molecule has 0 spiro atoms. The molecule has 0 saturated heterocycles. The number of benzene rings is 1. The fourth-order valence-corrected chi connectivity index (χ4v) is 3.15. The highest BCUT2D eigenvalue weighted by Gasteiger charge is 2.24. The predicted molar refractivity (Wildman–Crippen MR) is 111 cm³/mol. The first-order valence-electron chi connectivity index (χ1n) is 9.01. The largest absolute Gasteiger partial charge is 0.494 e. The van der Waals surface area contributed by atoms with E-state index in [1.807, 2.05) is 6.07 Å². The first-order chi connectivity index (χ1) is 14.3. The number of nitriles is 1. The standard InChI is InChI=1S/C22H18ClN3O4/c1-13-8-16(5-6-18(13)23)30-12-19(27)20-14(2)17(9-24)21(28)26(22(20)29)11-15-4-3-7-25-10-15/h3-8,10,29H,11-12H2,1-2H3. The molecule has 30 heavy (non-hydrogen) atoms. The Morgan fingerprint density at radius 2 is 2.10 bits per heavy atom. The van der Waals surface area contributed by atoms with E-state index in [1.54, 1.807) is 43.5 Å². The average Bonchev–Trinajstić information content (AvgIpc) is 2.73. The second-order valence-corrected chi connectivity index (χ2v) is 7.09. The molecular formula is C22H18ClN3O4. The minimum Gasteiger partial charge on any atom is -0.494 e. The van der Waals surface area contributed by atoms with Crippen LogP contribution in [0.2, 0.25) is 5.02 Å². The third kappa shape index (κ3) is 4.19. The topological polar surface area (TPSA) is 105 Å². The molecule has 2 heterocycles. The maximum Gasteiger partial charge on any atom is 0.271 e. The molecule has 0 unspecified atom stereocenters. The number of nitrogens with zero attached hydrogens (tertiary/aromatic N) is 3. The Balaban J connectivity index is 1.97. The number of ether oxygens (including phenoxy) is 1. The molecule has 0 atom stereocenters. The third-order valence-corrected chi connectivity index (χ3v) is 5.07. The minimum absolute atomic E-state index is 0.0367. The Labute approximate surface area is 177 Å². The van der Waals surface area contributed by atoms with Gasteiger partial charge >= 0.3 is 0 Å². The predicted octanol–water partition coefficient (Wildman–Crippen LogP) is 3.40. The number of carbonyl (C=O) groups is 1. The quantitative estimate of drug-likeness (QED) is 0.609. The summed E-state index contributed by atoms with van der Waals surface area (Å²) in [6, 6.07) is 10.2. The van der Waals surface area contributed by atoms with Gasteiger partial charge in [0, 0.05) is 17.4 Å². The van der Waals surface area contributed by atoms with Crippen LogP contribution in [0.3, 0.4) is 0 Å². The van der Waals surface area contributed by atoms with Crippen LogP contribution in [0.4, 0.5) is 0 Å². The molecule has 7 nitrogen and oxygen atoms in total. The van der Waals surface area contributed by atoms with Gasteiger partial charge < -0.3 is 9.84 Å². The number of carbonyl (C=O) groups excluding carboxylic acids is 1. The zero-order chi connectivity index (χ0) is 21.8. The van der Waals surface area contributed by atoms with E-state index in [9.17, 15) is 20.0 Å². The first-order valence-corrected chi connectivity index (χ1v) is 9.38. The van der Waals surface area contributed by atoms with Crippen molar-refractivity contribution < 1.29 is 14.6 Å². The number of ketones is 1. The number of aromatic hydroxyl groups is 1. The minimum atomic E-state index is -0.679. The fourth-order valence-electron chi connectivity index (χ4n) is 3.03. The normalized spacial score (nSPS) is 10.5. The number of aryl methyl sites for hydroxylation is 1. The van der Waals surface area contributed by atoms with Gasteiger partial charge in [-0.1, -0.05) is 17.7 Å². The van der Waals surface area contributed by atoms with Gasteiger partial charge in [0.15, 0.2) is 6.61 Å². The number of hydrogen-bond donors (Lipinski definition) is 1. The Hall–Kier alpha value is -3.63. The molecule has 0 aliphatic heterocycles. The molecule has 0 bridgehead atoms. The van der Waals surface area contributed by atoms with Crippen LogP contribution in [0.25, 0.3) is 0 Å². The monoisotopic (exact) mass is 423 g/mol. The van der Waals surface area contributed by atoms with E-state index in [0.717, 1.165) is 10.1 Å². The molecule has 1 N–H and O–H groups in total. The molecule has 0 amide bonds. The zero-order valence-corrected chi connectivity index (χ0v) is 17.1. The summed E-state index contributed by atoms with van der Waals surface area (Å²) in [7, 11) is 0. The summed E-state index contributed by atoms with van der Waals surface area (Å²) in [5.41, 5.74) is 0.528.